The lowest BCUT2D eigenvalue weighted by atomic mass is 9.80. The van der Waals surface area contributed by atoms with Crippen LogP contribution in [0, 0.1) is 0 Å². The lowest BCUT2D eigenvalue weighted by molar-refractivity contribution is 0.202. The summed E-state index contributed by atoms with van der Waals surface area (Å²) in [6, 6.07) is 5.55. The van der Waals surface area contributed by atoms with Crippen LogP contribution in [0.1, 0.15) is 12.0 Å². The molecule has 1 aromatic carbocycles. The van der Waals surface area contributed by atoms with E-state index in [1.165, 1.54) is 0 Å². The molecule has 1 atom stereocenters. The molecule has 16 heavy (non-hydrogen) atoms. The van der Waals surface area contributed by atoms with Gasteiger partial charge in [-0.15, -0.1) is 0 Å². The Morgan fingerprint density at radius 3 is 2.94 bits per heavy atom. The van der Waals surface area contributed by atoms with Crippen LogP contribution in [0.3, 0.4) is 0 Å². The Morgan fingerprint density at radius 2 is 2.38 bits per heavy atom. The van der Waals surface area contributed by atoms with E-state index in [-0.39, 0.29) is 12.0 Å². The third-order valence-corrected chi connectivity index (χ3v) is 3.51. The number of halogens is 1. The molecule has 1 aliphatic heterocycles. The summed E-state index contributed by atoms with van der Waals surface area (Å²) in [4.78, 5) is 0. The van der Waals surface area contributed by atoms with Crippen molar-refractivity contribution in [3.8, 4) is 5.75 Å². The van der Waals surface area contributed by atoms with E-state index in [1.54, 1.807) is 13.2 Å². The third-order valence-electron chi connectivity index (χ3n) is 3.28. The van der Waals surface area contributed by atoms with Crippen LogP contribution < -0.4 is 10.1 Å². The maximum atomic E-state index is 9.64. The van der Waals surface area contributed by atoms with Crippen molar-refractivity contribution in [2.75, 3.05) is 26.8 Å². The van der Waals surface area contributed by atoms with Gasteiger partial charge in [-0.1, -0.05) is 11.6 Å². The smallest absolute Gasteiger partial charge is 0.122 e. The molecule has 0 amide bonds. The maximum Gasteiger partial charge on any atom is 0.122 e. The number of benzene rings is 1. The van der Waals surface area contributed by atoms with Gasteiger partial charge in [-0.3, -0.25) is 0 Å². The van der Waals surface area contributed by atoms with Crippen LogP contribution in [0.15, 0.2) is 18.2 Å². The fourth-order valence-corrected chi connectivity index (χ4v) is 2.46. The largest absolute Gasteiger partial charge is 0.496 e. The van der Waals surface area contributed by atoms with E-state index in [9.17, 15) is 5.11 Å². The van der Waals surface area contributed by atoms with Crippen LogP contribution >= 0.6 is 11.6 Å². The molecule has 0 aromatic heterocycles. The zero-order chi connectivity index (χ0) is 11.6. The van der Waals surface area contributed by atoms with Crippen LogP contribution in [-0.4, -0.2) is 31.9 Å². The van der Waals surface area contributed by atoms with Gasteiger partial charge >= 0.3 is 0 Å². The van der Waals surface area contributed by atoms with E-state index in [2.05, 4.69) is 5.32 Å². The van der Waals surface area contributed by atoms with Crippen molar-refractivity contribution in [1.29, 1.82) is 0 Å². The third kappa shape index (κ3) is 1.90. The molecule has 1 aliphatic rings. The SMILES string of the molecule is COc1ccc(Cl)cc1C1(CO)CCNC1. The van der Waals surface area contributed by atoms with Gasteiger partial charge in [0.05, 0.1) is 13.7 Å². The Labute approximate surface area is 100 Å². The molecule has 0 radical (unpaired) electrons. The molecule has 88 valence electrons. The molecule has 1 heterocycles. The molecular formula is C12H16ClNO2. The number of aliphatic hydroxyl groups excluding tert-OH is 1. The van der Waals surface area contributed by atoms with Crippen molar-refractivity contribution in [3.05, 3.63) is 28.8 Å². The number of hydrogen-bond acceptors (Lipinski definition) is 3. The van der Waals surface area contributed by atoms with Gasteiger partial charge in [0.15, 0.2) is 0 Å². The lowest BCUT2D eigenvalue weighted by Gasteiger charge is -2.28. The summed E-state index contributed by atoms with van der Waals surface area (Å²) in [5.41, 5.74) is 0.742. The minimum Gasteiger partial charge on any atom is -0.496 e. The highest BCUT2D eigenvalue weighted by Gasteiger charge is 2.37. The number of methoxy groups -OCH3 is 1. The Balaban J connectivity index is 2.47. The number of ether oxygens (including phenoxy) is 1. The first-order valence-electron chi connectivity index (χ1n) is 5.37. The van der Waals surface area contributed by atoms with E-state index in [0.717, 1.165) is 30.8 Å². The Kier molecular flexibility index (Phi) is 3.38. The molecule has 0 bridgehead atoms. The molecule has 1 saturated heterocycles. The summed E-state index contributed by atoms with van der Waals surface area (Å²) < 4.78 is 5.34. The van der Waals surface area contributed by atoms with Gasteiger partial charge in [0, 0.05) is 22.5 Å². The van der Waals surface area contributed by atoms with E-state index in [4.69, 9.17) is 16.3 Å². The Morgan fingerprint density at radius 1 is 1.56 bits per heavy atom. The van der Waals surface area contributed by atoms with Crippen molar-refractivity contribution in [3.63, 3.8) is 0 Å². The molecule has 1 aromatic rings. The van der Waals surface area contributed by atoms with E-state index in [1.807, 2.05) is 12.1 Å². The zero-order valence-corrected chi connectivity index (χ0v) is 10.0. The fraction of sp³-hybridized carbons (Fsp3) is 0.500. The molecule has 1 fully saturated rings. The van der Waals surface area contributed by atoms with Crippen LogP contribution in [0.2, 0.25) is 5.02 Å². The van der Waals surface area contributed by atoms with Gasteiger partial charge in [0.2, 0.25) is 0 Å². The summed E-state index contributed by atoms with van der Waals surface area (Å²) in [6.45, 7) is 1.78. The summed E-state index contributed by atoms with van der Waals surface area (Å²) in [5, 5.41) is 13.6. The van der Waals surface area contributed by atoms with Crippen LogP contribution in [0.25, 0.3) is 0 Å². The molecule has 0 aliphatic carbocycles. The van der Waals surface area contributed by atoms with Crippen LogP contribution in [0.5, 0.6) is 5.75 Å². The van der Waals surface area contributed by atoms with E-state index in [0.29, 0.717) is 5.02 Å². The monoisotopic (exact) mass is 241 g/mol. The van der Waals surface area contributed by atoms with Gasteiger partial charge in [-0.05, 0) is 31.2 Å². The van der Waals surface area contributed by atoms with Crippen LogP contribution in [-0.2, 0) is 5.41 Å². The van der Waals surface area contributed by atoms with Crippen LogP contribution in [0.4, 0.5) is 0 Å². The molecule has 2 N–H and O–H groups in total. The van der Waals surface area contributed by atoms with Gasteiger partial charge < -0.3 is 15.2 Å². The molecule has 0 saturated carbocycles. The highest BCUT2D eigenvalue weighted by Crippen LogP contribution is 2.37. The normalized spacial score (nSPS) is 24.7. The first-order valence-corrected chi connectivity index (χ1v) is 5.75. The zero-order valence-electron chi connectivity index (χ0n) is 9.29. The number of aliphatic hydroxyl groups is 1. The van der Waals surface area contributed by atoms with E-state index < -0.39 is 0 Å². The second kappa shape index (κ2) is 4.62. The predicted octanol–water partition coefficient (Wildman–Crippen LogP) is 1.57. The second-order valence-corrected chi connectivity index (χ2v) is 4.65. The summed E-state index contributed by atoms with van der Waals surface area (Å²) in [6.07, 6.45) is 0.903. The highest BCUT2D eigenvalue weighted by molar-refractivity contribution is 6.30. The van der Waals surface area contributed by atoms with E-state index >= 15 is 0 Å². The predicted molar refractivity (Wildman–Crippen MR) is 64.3 cm³/mol. The molecule has 4 heteroatoms. The average Bonchev–Trinajstić information content (AvgIpc) is 2.78. The second-order valence-electron chi connectivity index (χ2n) is 4.21. The molecule has 1 unspecified atom stereocenters. The fourth-order valence-electron chi connectivity index (χ4n) is 2.29. The standard InChI is InChI=1S/C12H16ClNO2/c1-16-11-3-2-9(13)6-10(11)12(8-15)4-5-14-7-12/h2-3,6,14-15H,4-5,7-8H2,1H3. The van der Waals surface area contributed by atoms with Crippen molar-refractivity contribution >= 4 is 11.6 Å². The summed E-state index contributed by atoms with van der Waals surface area (Å²) in [7, 11) is 1.64. The van der Waals surface area contributed by atoms with Crippen molar-refractivity contribution in [1.82, 2.24) is 5.32 Å². The van der Waals surface area contributed by atoms with Crippen molar-refractivity contribution in [2.24, 2.45) is 0 Å². The number of hydrogen-bond donors (Lipinski definition) is 2. The quantitative estimate of drug-likeness (QED) is 0.844. The summed E-state index contributed by atoms with van der Waals surface area (Å²) in [5.74, 6) is 0.794. The van der Waals surface area contributed by atoms with Gasteiger partial charge in [-0.25, -0.2) is 0 Å². The minimum absolute atomic E-state index is 0.108. The molecule has 0 spiro atoms. The first-order chi connectivity index (χ1) is 7.72. The molecule has 2 rings (SSSR count). The molecule has 3 nitrogen and oxygen atoms in total. The maximum absolute atomic E-state index is 9.64. The minimum atomic E-state index is -0.254. The van der Waals surface area contributed by atoms with Crippen molar-refractivity contribution in [2.45, 2.75) is 11.8 Å². The first kappa shape index (κ1) is 11.7. The van der Waals surface area contributed by atoms with Gasteiger partial charge in [-0.2, -0.15) is 0 Å². The lowest BCUT2D eigenvalue weighted by Crippen LogP contribution is -2.33. The van der Waals surface area contributed by atoms with Gasteiger partial charge in [0.1, 0.15) is 5.75 Å². The van der Waals surface area contributed by atoms with Gasteiger partial charge in [0.25, 0.3) is 0 Å². The summed E-state index contributed by atoms with van der Waals surface area (Å²) >= 11 is 6.01. The highest BCUT2D eigenvalue weighted by atomic mass is 35.5. The Bertz CT molecular complexity index is 375. The topological polar surface area (TPSA) is 41.5 Å². The average molecular weight is 242 g/mol. The number of rotatable bonds is 3. The number of nitrogens with one attached hydrogen (secondary N) is 1. The van der Waals surface area contributed by atoms with Crippen molar-refractivity contribution < 1.29 is 9.84 Å². The Hall–Kier alpha value is -0.770. The molecular weight excluding hydrogens is 226 g/mol.